The maximum Gasteiger partial charge on any atom is 0.223 e. The molecule has 0 radical (unpaired) electrons. The topological polar surface area (TPSA) is 79.8 Å². The van der Waals surface area contributed by atoms with E-state index in [0.29, 0.717) is 29.6 Å². The van der Waals surface area contributed by atoms with E-state index in [1.807, 2.05) is 0 Å². The summed E-state index contributed by atoms with van der Waals surface area (Å²) in [5, 5.41) is 10.2. The number of carbonyl (C=O) groups is 2. The van der Waals surface area contributed by atoms with Gasteiger partial charge < -0.3 is 9.88 Å². The number of fused-ring (bicyclic) bond motifs is 2. The van der Waals surface area contributed by atoms with Gasteiger partial charge in [-0.15, -0.1) is 0 Å². The Morgan fingerprint density at radius 2 is 1.96 bits per heavy atom. The molecule has 24 heavy (non-hydrogen) atoms. The lowest BCUT2D eigenvalue weighted by atomic mass is 9.67. The number of aromatic nitrogens is 3. The number of ketones is 1. The number of hydrogen-bond acceptors (Lipinski definition) is 4. The van der Waals surface area contributed by atoms with Crippen molar-refractivity contribution in [1.82, 2.24) is 20.1 Å². The van der Waals surface area contributed by atoms with Crippen LogP contribution in [0.2, 0.25) is 0 Å². The molecule has 1 amide bonds. The van der Waals surface area contributed by atoms with E-state index < -0.39 is 0 Å². The molecular formula is C17H24N4O2S. The van der Waals surface area contributed by atoms with Gasteiger partial charge in [-0.3, -0.25) is 14.7 Å². The number of rotatable bonds is 5. The molecule has 6 nitrogen and oxygen atoms in total. The van der Waals surface area contributed by atoms with E-state index in [4.69, 9.17) is 12.2 Å². The highest BCUT2D eigenvalue weighted by Gasteiger charge is 2.41. The minimum absolute atomic E-state index is 0.00209. The van der Waals surface area contributed by atoms with Gasteiger partial charge in [0.2, 0.25) is 5.91 Å². The van der Waals surface area contributed by atoms with Crippen LogP contribution in [0.4, 0.5) is 0 Å². The Morgan fingerprint density at radius 3 is 2.62 bits per heavy atom. The van der Waals surface area contributed by atoms with Crippen LogP contribution in [-0.2, 0) is 16.0 Å². The van der Waals surface area contributed by atoms with Crippen molar-refractivity contribution in [1.29, 1.82) is 0 Å². The summed E-state index contributed by atoms with van der Waals surface area (Å²) >= 11 is 5.28. The van der Waals surface area contributed by atoms with Crippen LogP contribution in [0.25, 0.3) is 0 Å². The van der Waals surface area contributed by atoms with E-state index in [-0.39, 0.29) is 23.7 Å². The number of H-pyrrole nitrogens is 1. The first kappa shape index (κ1) is 16.0. The fourth-order valence-corrected chi connectivity index (χ4v) is 4.66. The van der Waals surface area contributed by atoms with Gasteiger partial charge in [0.05, 0.1) is 0 Å². The lowest BCUT2D eigenvalue weighted by Gasteiger charge is -2.36. The fourth-order valence-electron chi connectivity index (χ4n) is 4.36. The first-order valence-corrected chi connectivity index (χ1v) is 9.51. The number of hydrogen-bond donors (Lipinski definition) is 2. The lowest BCUT2D eigenvalue weighted by molar-refractivity contribution is -0.137. The smallest absolute Gasteiger partial charge is 0.223 e. The van der Waals surface area contributed by atoms with Crippen LogP contribution in [0.5, 0.6) is 0 Å². The number of aromatic amines is 1. The monoisotopic (exact) mass is 348 g/mol. The molecular weight excluding hydrogens is 324 g/mol. The van der Waals surface area contributed by atoms with Gasteiger partial charge >= 0.3 is 0 Å². The standard InChI is InChI=1S/C17H24N4O2S/c22-15-10-2-1-3-11(15)9-12(8-10)16(23)18-7-6-14-19-20-17(24)21(14)13-4-5-13/h10-13H,1-9H2,(H,18,23)(H,20,24)/t10-,11+,12?. The molecule has 0 saturated heterocycles. The van der Waals surface area contributed by atoms with Crippen molar-refractivity contribution in [3.05, 3.63) is 10.6 Å². The van der Waals surface area contributed by atoms with Crippen LogP contribution in [0.3, 0.4) is 0 Å². The Kier molecular flexibility index (Phi) is 4.28. The summed E-state index contributed by atoms with van der Waals surface area (Å²) in [5.41, 5.74) is 0. The van der Waals surface area contributed by atoms with Gasteiger partial charge in [0, 0.05) is 36.8 Å². The van der Waals surface area contributed by atoms with Crippen molar-refractivity contribution in [2.75, 3.05) is 6.54 Å². The average Bonchev–Trinajstić information content (AvgIpc) is 3.31. The molecule has 3 fully saturated rings. The minimum Gasteiger partial charge on any atom is -0.355 e. The van der Waals surface area contributed by atoms with Crippen LogP contribution in [0, 0.1) is 22.5 Å². The summed E-state index contributed by atoms with van der Waals surface area (Å²) in [7, 11) is 0. The molecule has 1 aromatic heterocycles. The van der Waals surface area contributed by atoms with Crippen molar-refractivity contribution < 1.29 is 9.59 Å². The first-order valence-electron chi connectivity index (χ1n) is 9.10. The van der Waals surface area contributed by atoms with Crippen molar-refractivity contribution in [3.63, 3.8) is 0 Å². The van der Waals surface area contributed by atoms with Gasteiger partial charge in [-0.2, -0.15) is 5.10 Å². The molecule has 3 aliphatic rings. The second-order valence-corrected chi connectivity index (χ2v) is 7.87. The predicted molar refractivity (Wildman–Crippen MR) is 91.0 cm³/mol. The summed E-state index contributed by atoms with van der Waals surface area (Å²) in [6, 6.07) is 0.491. The van der Waals surface area contributed by atoms with Gasteiger partial charge in [-0.05, 0) is 50.7 Å². The van der Waals surface area contributed by atoms with Crippen LogP contribution in [-0.4, -0.2) is 33.0 Å². The van der Waals surface area contributed by atoms with E-state index in [2.05, 4.69) is 20.1 Å². The Hall–Kier alpha value is -1.50. The zero-order chi connectivity index (χ0) is 16.7. The van der Waals surface area contributed by atoms with Crippen molar-refractivity contribution in [3.8, 4) is 0 Å². The summed E-state index contributed by atoms with van der Waals surface area (Å²) in [5.74, 6) is 1.69. The zero-order valence-corrected chi connectivity index (χ0v) is 14.6. The number of carbonyl (C=O) groups excluding carboxylic acids is 2. The van der Waals surface area contributed by atoms with Gasteiger partial charge in [0.25, 0.3) is 0 Å². The Morgan fingerprint density at radius 1 is 1.25 bits per heavy atom. The molecule has 1 unspecified atom stereocenters. The minimum atomic E-state index is 0.00209. The third-order valence-electron chi connectivity index (χ3n) is 5.76. The molecule has 3 atom stereocenters. The van der Waals surface area contributed by atoms with E-state index in [0.717, 1.165) is 50.8 Å². The molecule has 0 aliphatic heterocycles. The van der Waals surface area contributed by atoms with E-state index in [1.165, 1.54) is 0 Å². The maximum atomic E-state index is 12.5. The molecule has 0 spiro atoms. The quantitative estimate of drug-likeness (QED) is 0.801. The van der Waals surface area contributed by atoms with Crippen molar-refractivity contribution in [2.24, 2.45) is 17.8 Å². The normalized spacial score (nSPS) is 29.5. The zero-order valence-electron chi connectivity index (χ0n) is 13.8. The number of nitrogens with one attached hydrogen (secondary N) is 2. The highest BCUT2D eigenvalue weighted by atomic mass is 32.1. The Labute approximate surface area is 146 Å². The Balaban J connectivity index is 1.31. The van der Waals surface area contributed by atoms with Crippen LogP contribution in [0.15, 0.2) is 0 Å². The molecule has 2 N–H and O–H groups in total. The SMILES string of the molecule is O=C(NCCc1n[nH]c(=S)n1C1CC1)C1C[C@H]2CCC[C@@H](C1)C2=O. The highest BCUT2D eigenvalue weighted by Crippen LogP contribution is 2.40. The van der Waals surface area contributed by atoms with Gasteiger partial charge in [0.15, 0.2) is 4.77 Å². The van der Waals surface area contributed by atoms with E-state index in [9.17, 15) is 9.59 Å². The highest BCUT2D eigenvalue weighted by molar-refractivity contribution is 7.71. The van der Waals surface area contributed by atoms with Crippen LogP contribution in [0.1, 0.15) is 56.8 Å². The van der Waals surface area contributed by atoms with Crippen molar-refractivity contribution in [2.45, 2.75) is 57.4 Å². The van der Waals surface area contributed by atoms with Gasteiger partial charge in [0.1, 0.15) is 11.6 Å². The Bertz CT molecular complexity index is 690. The summed E-state index contributed by atoms with van der Waals surface area (Å²) < 4.78 is 2.77. The average molecular weight is 348 g/mol. The largest absolute Gasteiger partial charge is 0.355 e. The van der Waals surface area contributed by atoms with Gasteiger partial charge in [-0.1, -0.05) is 6.42 Å². The number of amides is 1. The second-order valence-electron chi connectivity index (χ2n) is 7.48. The summed E-state index contributed by atoms with van der Waals surface area (Å²) in [4.78, 5) is 24.6. The summed E-state index contributed by atoms with van der Waals surface area (Å²) in [6.07, 6.45) is 7.56. The molecule has 7 heteroatoms. The number of Topliss-reactive ketones (excluding diaryl/α,β-unsaturated/α-hetero) is 1. The molecule has 3 aliphatic carbocycles. The van der Waals surface area contributed by atoms with Crippen LogP contribution >= 0.6 is 12.2 Å². The molecule has 1 heterocycles. The molecule has 130 valence electrons. The molecule has 3 saturated carbocycles. The third-order valence-corrected chi connectivity index (χ3v) is 6.04. The van der Waals surface area contributed by atoms with E-state index >= 15 is 0 Å². The lowest BCUT2D eigenvalue weighted by Crippen LogP contribution is -2.43. The van der Waals surface area contributed by atoms with Crippen molar-refractivity contribution >= 4 is 23.9 Å². The number of nitrogens with zero attached hydrogens (tertiary/aromatic N) is 2. The predicted octanol–water partition coefficient (Wildman–Crippen LogP) is 2.33. The maximum absolute atomic E-state index is 12.5. The van der Waals surface area contributed by atoms with Gasteiger partial charge in [-0.25, -0.2) is 0 Å². The van der Waals surface area contributed by atoms with E-state index in [1.54, 1.807) is 0 Å². The first-order chi connectivity index (χ1) is 11.6. The third kappa shape index (κ3) is 3.06. The fraction of sp³-hybridized carbons (Fsp3) is 0.765. The second kappa shape index (κ2) is 6.43. The van der Waals surface area contributed by atoms with Crippen LogP contribution < -0.4 is 5.32 Å². The molecule has 1 aromatic rings. The summed E-state index contributed by atoms with van der Waals surface area (Å²) in [6.45, 7) is 0.574. The molecule has 0 aromatic carbocycles. The molecule has 4 rings (SSSR count). The molecule has 2 bridgehead atoms.